The molecule has 0 saturated heterocycles. The molecule has 0 spiro atoms. The highest BCUT2D eigenvalue weighted by atomic mass is 16.5. The molecule has 5 heteroatoms. The first-order valence-corrected chi connectivity index (χ1v) is 10.2. The van der Waals surface area contributed by atoms with Gasteiger partial charge in [-0.1, -0.05) is 48.5 Å². The van der Waals surface area contributed by atoms with Crippen molar-refractivity contribution in [1.82, 2.24) is 4.90 Å². The molecule has 0 aromatic heterocycles. The summed E-state index contributed by atoms with van der Waals surface area (Å²) in [5.41, 5.74) is 4.89. The minimum atomic E-state index is -0.935. The molecule has 0 heterocycles. The van der Waals surface area contributed by atoms with Crippen molar-refractivity contribution in [3.63, 3.8) is 0 Å². The number of hydrogen-bond acceptors (Lipinski definition) is 3. The Morgan fingerprint density at radius 1 is 1.00 bits per heavy atom. The van der Waals surface area contributed by atoms with E-state index in [0.29, 0.717) is 23.4 Å². The van der Waals surface area contributed by atoms with Crippen LogP contribution >= 0.6 is 0 Å². The molecule has 1 N–H and O–H groups in total. The Labute approximate surface area is 183 Å². The van der Waals surface area contributed by atoms with Crippen molar-refractivity contribution in [2.45, 2.75) is 33.9 Å². The highest BCUT2D eigenvalue weighted by Gasteiger charge is 2.13. The fourth-order valence-corrected chi connectivity index (χ4v) is 3.39. The summed E-state index contributed by atoms with van der Waals surface area (Å²) in [5.74, 6) is 0.694. The zero-order valence-electron chi connectivity index (χ0n) is 18.4. The van der Waals surface area contributed by atoms with E-state index in [1.807, 2.05) is 62.5 Å². The molecular formula is C26H28N2O3. The van der Waals surface area contributed by atoms with Gasteiger partial charge in [0.2, 0.25) is 0 Å². The smallest absolute Gasteiger partial charge is 0.336 e. The normalized spacial score (nSPS) is 11.3. The maximum absolute atomic E-state index is 11.6. The van der Waals surface area contributed by atoms with Crippen LogP contribution in [0, 0.1) is 13.8 Å². The zero-order valence-corrected chi connectivity index (χ0v) is 18.4. The van der Waals surface area contributed by atoms with E-state index in [2.05, 4.69) is 17.9 Å². The van der Waals surface area contributed by atoms with Gasteiger partial charge in [0.25, 0.3) is 0 Å². The topological polar surface area (TPSA) is 62.1 Å². The number of para-hydroxylation sites is 1. The Morgan fingerprint density at radius 2 is 1.71 bits per heavy atom. The van der Waals surface area contributed by atoms with Gasteiger partial charge in [0, 0.05) is 19.2 Å². The molecular weight excluding hydrogens is 388 g/mol. The minimum absolute atomic E-state index is 0.205. The van der Waals surface area contributed by atoms with E-state index in [9.17, 15) is 9.90 Å². The largest absolute Gasteiger partial charge is 0.489 e. The molecule has 3 aromatic rings. The van der Waals surface area contributed by atoms with Crippen molar-refractivity contribution in [3.8, 4) is 5.75 Å². The van der Waals surface area contributed by atoms with Crippen LogP contribution in [0.4, 0.5) is 5.69 Å². The molecule has 31 heavy (non-hydrogen) atoms. The van der Waals surface area contributed by atoms with Crippen molar-refractivity contribution >= 4 is 17.5 Å². The summed E-state index contributed by atoms with van der Waals surface area (Å²) < 4.78 is 5.92. The molecule has 160 valence electrons. The molecule has 0 fully saturated rings. The van der Waals surface area contributed by atoms with Crippen molar-refractivity contribution in [2.75, 3.05) is 7.05 Å². The summed E-state index contributed by atoms with van der Waals surface area (Å²) in [4.78, 5) is 18.4. The van der Waals surface area contributed by atoms with Crippen molar-refractivity contribution in [1.29, 1.82) is 0 Å². The maximum Gasteiger partial charge on any atom is 0.336 e. The lowest BCUT2D eigenvalue weighted by Crippen LogP contribution is -2.23. The van der Waals surface area contributed by atoms with Crippen LogP contribution in [0.25, 0.3) is 0 Å². The van der Waals surface area contributed by atoms with Gasteiger partial charge in [-0.2, -0.15) is 0 Å². The molecule has 3 rings (SSSR count). The minimum Gasteiger partial charge on any atom is -0.489 e. The number of carbonyl (C=O) groups is 1. The highest BCUT2D eigenvalue weighted by Crippen LogP contribution is 2.21. The van der Waals surface area contributed by atoms with E-state index in [4.69, 9.17) is 9.73 Å². The van der Waals surface area contributed by atoms with Crippen LogP contribution < -0.4 is 4.74 Å². The zero-order chi connectivity index (χ0) is 22.4. The number of aliphatic imine (C=N–C) groups is 1. The van der Waals surface area contributed by atoms with E-state index in [-0.39, 0.29) is 6.61 Å². The number of carboxylic acid groups (broad SMARTS) is 1. The summed E-state index contributed by atoms with van der Waals surface area (Å²) in [6, 6.07) is 21.3. The highest BCUT2D eigenvalue weighted by molar-refractivity contribution is 5.91. The standard InChI is InChI=1S/C26H28N2O3/c1-18-9-5-6-14-24(18)27-20(3)28(4)16-21-11-8-13-23(15-21)31-17-22-12-7-10-19(2)25(22)26(29)30/h5-15H,16-17H2,1-4H3,(H,29,30). The second-order valence-corrected chi connectivity index (χ2v) is 7.65. The third-order valence-corrected chi connectivity index (χ3v) is 5.24. The van der Waals surface area contributed by atoms with E-state index < -0.39 is 5.97 Å². The fourth-order valence-electron chi connectivity index (χ4n) is 3.39. The van der Waals surface area contributed by atoms with Gasteiger partial charge in [-0.25, -0.2) is 9.79 Å². The summed E-state index contributed by atoms with van der Waals surface area (Å²) >= 11 is 0. The van der Waals surface area contributed by atoms with Gasteiger partial charge in [0.15, 0.2) is 0 Å². The predicted octanol–water partition coefficient (Wildman–Crippen LogP) is 5.76. The molecule has 5 nitrogen and oxygen atoms in total. The van der Waals surface area contributed by atoms with Crippen molar-refractivity contribution in [3.05, 3.63) is 94.5 Å². The van der Waals surface area contributed by atoms with Gasteiger partial charge in [-0.3, -0.25) is 0 Å². The quantitative estimate of drug-likeness (QED) is 0.393. The van der Waals surface area contributed by atoms with E-state index >= 15 is 0 Å². The fraction of sp³-hybridized carbons (Fsp3) is 0.231. The monoisotopic (exact) mass is 416 g/mol. The third kappa shape index (κ3) is 5.72. The van der Waals surface area contributed by atoms with Gasteiger partial charge < -0.3 is 14.7 Å². The van der Waals surface area contributed by atoms with Crippen LogP contribution in [-0.2, 0) is 13.2 Å². The Morgan fingerprint density at radius 3 is 2.45 bits per heavy atom. The summed E-state index contributed by atoms with van der Waals surface area (Å²) in [7, 11) is 2.01. The lowest BCUT2D eigenvalue weighted by atomic mass is 10.0. The predicted molar refractivity (Wildman–Crippen MR) is 124 cm³/mol. The van der Waals surface area contributed by atoms with Gasteiger partial charge >= 0.3 is 5.97 Å². The maximum atomic E-state index is 11.6. The second-order valence-electron chi connectivity index (χ2n) is 7.65. The number of hydrogen-bond donors (Lipinski definition) is 1. The first-order chi connectivity index (χ1) is 14.8. The average Bonchev–Trinajstić information content (AvgIpc) is 2.73. The van der Waals surface area contributed by atoms with Crippen LogP contribution in [0.15, 0.2) is 71.7 Å². The van der Waals surface area contributed by atoms with Gasteiger partial charge in [-0.05, 0) is 55.7 Å². The van der Waals surface area contributed by atoms with Crippen LogP contribution in [0.2, 0.25) is 0 Å². The molecule has 0 radical (unpaired) electrons. The lowest BCUT2D eigenvalue weighted by molar-refractivity contribution is 0.0693. The first-order valence-electron chi connectivity index (χ1n) is 10.2. The Hall–Kier alpha value is -3.60. The number of aryl methyl sites for hydroxylation is 2. The van der Waals surface area contributed by atoms with Crippen molar-refractivity contribution < 1.29 is 14.6 Å². The van der Waals surface area contributed by atoms with Crippen LogP contribution in [0.5, 0.6) is 5.75 Å². The molecule has 0 atom stereocenters. The Balaban J connectivity index is 1.69. The van der Waals surface area contributed by atoms with Crippen LogP contribution in [-0.4, -0.2) is 28.9 Å². The number of rotatable bonds is 7. The number of carboxylic acids is 1. The van der Waals surface area contributed by atoms with Crippen LogP contribution in [0.1, 0.15) is 39.5 Å². The first kappa shape index (κ1) is 22.1. The molecule has 0 saturated carbocycles. The average molecular weight is 417 g/mol. The Bertz CT molecular complexity index is 1110. The molecule has 0 amide bonds. The molecule has 0 unspecified atom stereocenters. The van der Waals surface area contributed by atoms with Gasteiger partial charge in [0.05, 0.1) is 11.3 Å². The second kappa shape index (κ2) is 9.94. The number of benzene rings is 3. The summed E-state index contributed by atoms with van der Waals surface area (Å²) in [6.45, 7) is 6.73. The van der Waals surface area contributed by atoms with Gasteiger partial charge in [0.1, 0.15) is 18.2 Å². The summed E-state index contributed by atoms with van der Waals surface area (Å²) in [5, 5.41) is 9.49. The molecule has 0 aliphatic heterocycles. The van der Waals surface area contributed by atoms with E-state index in [1.165, 1.54) is 0 Å². The number of amidine groups is 1. The van der Waals surface area contributed by atoms with Gasteiger partial charge in [-0.15, -0.1) is 0 Å². The molecule has 0 bridgehead atoms. The molecule has 3 aromatic carbocycles. The van der Waals surface area contributed by atoms with E-state index in [0.717, 1.165) is 28.2 Å². The molecule has 0 aliphatic rings. The number of aromatic carboxylic acids is 1. The molecule has 0 aliphatic carbocycles. The van der Waals surface area contributed by atoms with Crippen molar-refractivity contribution in [2.24, 2.45) is 4.99 Å². The third-order valence-electron chi connectivity index (χ3n) is 5.24. The van der Waals surface area contributed by atoms with Crippen LogP contribution in [0.3, 0.4) is 0 Å². The summed E-state index contributed by atoms with van der Waals surface area (Å²) in [6.07, 6.45) is 0. The number of nitrogens with zero attached hydrogens (tertiary/aromatic N) is 2. The number of ether oxygens (including phenoxy) is 1. The van der Waals surface area contributed by atoms with E-state index in [1.54, 1.807) is 19.1 Å². The lowest BCUT2D eigenvalue weighted by Gasteiger charge is -2.19. The SMILES string of the molecule is CC(=Nc1ccccc1C)N(C)Cc1cccc(OCc2cccc(C)c2C(=O)O)c1. The Kier molecular flexibility index (Phi) is 7.08.